The number of aliphatic carboxylic acids is 1. The fraction of sp³-hybridized carbons (Fsp3) is 0.314. The number of hydrogen-bond acceptors (Lipinski definition) is 7. The van der Waals surface area contributed by atoms with Gasteiger partial charge < -0.3 is 19.3 Å². The van der Waals surface area contributed by atoms with Crippen molar-refractivity contribution >= 4 is 11.6 Å². The number of carboxylic acids is 1. The van der Waals surface area contributed by atoms with Crippen LogP contribution in [-0.2, 0) is 16.0 Å². The lowest BCUT2D eigenvalue weighted by Gasteiger charge is -2.28. The van der Waals surface area contributed by atoms with Gasteiger partial charge in [0.05, 0.1) is 30.7 Å². The molecule has 1 N–H and O–H groups in total. The van der Waals surface area contributed by atoms with E-state index in [9.17, 15) is 9.90 Å². The van der Waals surface area contributed by atoms with Crippen LogP contribution in [0.4, 0.5) is 4.39 Å². The van der Waals surface area contributed by atoms with Crippen LogP contribution in [0.15, 0.2) is 54.9 Å². The normalized spacial score (nSPS) is 13.8. The molecule has 1 aliphatic rings. The molecule has 0 aliphatic carbocycles. The lowest BCUT2D eigenvalue weighted by Crippen LogP contribution is -2.29. The highest BCUT2D eigenvalue weighted by atomic mass is 19.1. The maximum atomic E-state index is 15.7. The van der Waals surface area contributed by atoms with Gasteiger partial charge in [-0.3, -0.25) is 4.98 Å². The second-order valence-corrected chi connectivity index (χ2v) is 12.2. The number of methoxy groups -OCH3 is 1. The Bertz CT molecular complexity index is 1950. The Hall–Kier alpha value is -4.83. The molecule has 0 spiro atoms. The molecule has 0 amide bonds. The van der Waals surface area contributed by atoms with Crippen molar-refractivity contribution in [3.8, 4) is 45.1 Å². The van der Waals surface area contributed by atoms with Gasteiger partial charge in [0.25, 0.3) is 0 Å². The second kappa shape index (κ2) is 11.6. The molecule has 4 heterocycles. The van der Waals surface area contributed by atoms with Gasteiger partial charge in [0.1, 0.15) is 5.75 Å². The lowest BCUT2D eigenvalue weighted by molar-refractivity contribution is -0.160. The molecule has 5 aromatic rings. The molecule has 0 fully saturated rings. The van der Waals surface area contributed by atoms with Crippen molar-refractivity contribution in [3.63, 3.8) is 0 Å². The van der Waals surface area contributed by atoms with Gasteiger partial charge in [-0.05, 0) is 76.8 Å². The van der Waals surface area contributed by atoms with E-state index in [-0.39, 0.29) is 5.75 Å². The van der Waals surface area contributed by atoms with E-state index in [0.29, 0.717) is 52.6 Å². The van der Waals surface area contributed by atoms with E-state index in [4.69, 9.17) is 24.3 Å². The number of rotatable bonds is 7. The number of aromatic nitrogens is 4. The number of carbonyl (C=O) groups is 1. The summed E-state index contributed by atoms with van der Waals surface area (Å²) in [4.78, 5) is 21.9. The molecule has 6 rings (SSSR count). The summed E-state index contributed by atoms with van der Waals surface area (Å²) in [7, 11) is 1.61. The number of aryl methyl sites for hydroxylation is 1. The fourth-order valence-electron chi connectivity index (χ4n) is 5.96. The molecule has 1 atom stereocenters. The van der Waals surface area contributed by atoms with Crippen molar-refractivity contribution in [3.05, 3.63) is 83.1 Å². The maximum absolute atomic E-state index is 15.7. The number of fused-ring (bicyclic) bond motifs is 2. The molecule has 3 aromatic heterocycles. The Morgan fingerprint density at radius 3 is 2.62 bits per heavy atom. The smallest absolute Gasteiger partial charge is 0.337 e. The van der Waals surface area contributed by atoms with E-state index in [2.05, 4.69) is 4.98 Å². The average Bonchev–Trinajstić information content (AvgIpc) is 3.44. The predicted molar refractivity (Wildman–Crippen MR) is 168 cm³/mol. The molecule has 45 heavy (non-hydrogen) atoms. The summed E-state index contributed by atoms with van der Waals surface area (Å²) in [5, 5.41) is 15.4. The SMILES string of the molecule is COc1ccncc1-c1cccc(-c2cc3nc(C)c([C@H](OC(C)(C)C)C(=O)O)c(-c4cc(F)c5c(c4C)CCCO5)n3n2)c1. The molecule has 10 heteroatoms. The molecule has 1 aliphatic heterocycles. The Kier molecular flexibility index (Phi) is 7.78. The van der Waals surface area contributed by atoms with Gasteiger partial charge in [-0.2, -0.15) is 5.10 Å². The zero-order valence-electron chi connectivity index (χ0n) is 26.1. The van der Waals surface area contributed by atoms with Gasteiger partial charge in [-0.15, -0.1) is 0 Å². The average molecular weight is 611 g/mol. The van der Waals surface area contributed by atoms with Gasteiger partial charge in [-0.25, -0.2) is 18.7 Å². The van der Waals surface area contributed by atoms with E-state index >= 15 is 4.39 Å². The van der Waals surface area contributed by atoms with Crippen LogP contribution < -0.4 is 9.47 Å². The largest absolute Gasteiger partial charge is 0.496 e. The molecule has 0 bridgehead atoms. The van der Waals surface area contributed by atoms with Crippen molar-refractivity contribution in [2.75, 3.05) is 13.7 Å². The number of ether oxygens (including phenoxy) is 3. The van der Waals surface area contributed by atoms with Crippen molar-refractivity contribution < 1.29 is 28.5 Å². The van der Waals surface area contributed by atoms with E-state index in [1.165, 1.54) is 6.07 Å². The topological polar surface area (TPSA) is 108 Å². The van der Waals surface area contributed by atoms with Gasteiger partial charge in [0.2, 0.25) is 0 Å². The van der Waals surface area contributed by atoms with Crippen LogP contribution in [0, 0.1) is 19.7 Å². The molecule has 0 unspecified atom stereocenters. The van der Waals surface area contributed by atoms with Crippen LogP contribution in [-0.4, -0.2) is 50.0 Å². The Morgan fingerprint density at radius 1 is 1.11 bits per heavy atom. The van der Waals surface area contributed by atoms with Gasteiger partial charge in [0, 0.05) is 52.0 Å². The predicted octanol–water partition coefficient (Wildman–Crippen LogP) is 7.16. The van der Waals surface area contributed by atoms with Crippen LogP contribution in [0.25, 0.3) is 39.3 Å². The second-order valence-electron chi connectivity index (χ2n) is 12.2. The molecule has 9 nitrogen and oxygen atoms in total. The summed E-state index contributed by atoms with van der Waals surface area (Å²) in [6.07, 6.45) is 3.43. The first-order chi connectivity index (χ1) is 21.5. The summed E-state index contributed by atoms with van der Waals surface area (Å²) in [6.45, 7) is 9.47. The van der Waals surface area contributed by atoms with Crippen LogP contribution in [0.5, 0.6) is 11.5 Å². The van der Waals surface area contributed by atoms with E-state index in [1.807, 2.05) is 37.3 Å². The highest BCUT2D eigenvalue weighted by molar-refractivity contribution is 5.83. The molecular formula is C35H35FN4O5. The third-order valence-corrected chi connectivity index (χ3v) is 7.95. The molecule has 0 radical (unpaired) electrons. The van der Waals surface area contributed by atoms with Gasteiger partial charge in [0.15, 0.2) is 23.3 Å². The Balaban J connectivity index is 1.62. The minimum atomic E-state index is -1.39. The maximum Gasteiger partial charge on any atom is 0.337 e. The summed E-state index contributed by atoms with van der Waals surface area (Å²) >= 11 is 0. The summed E-state index contributed by atoms with van der Waals surface area (Å²) in [5.74, 6) is -0.752. The third kappa shape index (κ3) is 5.62. The Labute approximate surface area is 260 Å². The quantitative estimate of drug-likeness (QED) is 0.207. The molecule has 0 saturated carbocycles. The van der Waals surface area contributed by atoms with Crippen molar-refractivity contribution in [1.29, 1.82) is 0 Å². The number of halogens is 1. The first-order valence-corrected chi connectivity index (χ1v) is 14.8. The zero-order chi connectivity index (χ0) is 32.0. The van der Waals surface area contributed by atoms with E-state index in [1.54, 1.807) is 57.8 Å². The number of hydrogen-bond donors (Lipinski definition) is 1. The molecule has 232 valence electrons. The summed E-state index contributed by atoms with van der Waals surface area (Å²) in [5.41, 5.74) is 6.05. The fourth-order valence-corrected chi connectivity index (χ4v) is 5.96. The minimum absolute atomic E-state index is 0.246. The standard InChI is InChI=1S/C35H35FN4O5/c1-19-23-11-8-14-44-32(23)26(36)16-24(19)31-30(33(34(41)42)45-35(3,4)5)20(2)38-29-17-27(39-40(29)31)22-10-7-9-21(15-22)25-18-37-13-12-28(25)43-6/h7,9-10,12-13,15-18,33H,8,11,14H2,1-6H3,(H,41,42)/t33-/m0/s1. The van der Waals surface area contributed by atoms with Crippen molar-refractivity contribution in [1.82, 2.24) is 19.6 Å². The molecular weight excluding hydrogens is 575 g/mol. The van der Waals surface area contributed by atoms with Gasteiger partial charge >= 0.3 is 5.97 Å². The molecule has 0 saturated heterocycles. The first kappa shape index (κ1) is 30.2. The minimum Gasteiger partial charge on any atom is -0.496 e. The number of carboxylic acid groups (broad SMARTS) is 1. The summed E-state index contributed by atoms with van der Waals surface area (Å²) in [6, 6.07) is 12.9. The van der Waals surface area contributed by atoms with E-state index < -0.39 is 23.5 Å². The van der Waals surface area contributed by atoms with Crippen LogP contribution in [0.3, 0.4) is 0 Å². The van der Waals surface area contributed by atoms with Crippen LogP contribution in [0.2, 0.25) is 0 Å². The summed E-state index contributed by atoms with van der Waals surface area (Å²) < 4.78 is 34.6. The van der Waals surface area contributed by atoms with E-state index in [0.717, 1.165) is 34.2 Å². The lowest BCUT2D eigenvalue weighted by atomic mass is 9.91. The van der Waals surface area contributed by atoms with Crippen molar-refractivity contribution in [2.24, 2.45) is 0 Å². The van der Waals surface area contributed by atoms with Gasteiger partial charge in [-0.1, -0.05) is 18.2 Å². The Morgan fingerprint density at radius 2 is 1.89 bits per heavy atom. The third-order valence-electron chi connectivity index (χ3n) is 7.95. The number of nitrogens with zero attached hydrogens (tertiary/aromatic N) is 4. The van der Waals surface area contributed by atoms with Crippen LogP contribution >= 0.6 is 0 Å². The molecule has 2 aromatic carbocycles. The highest BCUT2D eigenvalue weighted by Gasteiger charge is 2.34. The number of pyridine rings is 1. The van der Waals surface area contributed by atoms with Crippen LogP contribution in [0.1, 0.15) is 55.7 Å². The zero-order valence-corrected chi connectivity index (χ0v) is 26.1. The van der Waals surface area contributed by atoms with Crippen molar-refractivity contribution in [2.45, 2.75) is 59.2 Å². The monoisotopic (exact) mass is 610 g/mol. The number of benzene rings is 2. The highest BCUT2D eigenvalue weighted by Crippen LogP contribution is 2.42. The first-order valence-electron chi connectivity index (χ1n) is 14.8.